The summed E-state index contributed by atoms with van der Waals surface area (Å²) in [6, 6.07) is 0. The Morgan fingerprint density at radius 1 is 0.257 bits per heavy atom. The lowest BCUT2D eigenvalue weighted by molar-refractivity contribution is -0.161. The molecule has 0 amide bonds. The topological polar surface area (TPSA) is 231 Å². The summed E-state index contributed by atoms with van der Waals surface area (Å²) < 4.78 is 61.4. The van der Waals surface area contributed by atoms with Gasteiger partial charge in [0.05, 0.1) is 26.4 Å². The first-order chi connectivity index (χ1) is 55.2. The van der Waals surface area contributed by atoms with Gasteiger partial charge in [0.2, 0.25) is 0 Å². The molecule has 0 aliphatic carbocycles. The highest BCUT2D eigenvalue weighted by Gasteiger charge is 2.29. The number of allylic oxidation sites excluding steroid dienone is 28. The van der Waals surface area contributed by atoms with Gasteiger partial charge in [0, 0.05) is 19.3 Å². The average Bonchev–Trinajstić information content (AvgIpc) is 0.902. The number of aliphatic hydroxyl groups is 2. The Morgan fingerprint density at radius 3 is 0.743 bits per heavy atom. The molecular formula is C95H160O16P2. The van der Waals surface area contributed by atoms with Crippen molar-refractivity contribution in [2.24, 2.45) is 0 Å². The maximum absolute atomic E-state index is 13.1. The lowest BCUT2D eigenvalue weighted by Crippen LogP contribution is -2.30. The van der Waals surface area contributed by atoms with E-state index in [1.165, 1.54) is 135 Å². The third kappa shape index (κ3) is 87.6. The van der Waals surface area contributed by atoms with Crippen LogP contribution in [0.1, 0.15) is 355 Å². The molecule has 0 saturated carbocycles. The van der Waals surface area contributed by atoms with Crippen LogP contribution in [-0.2, 0) is 55.8 Å². The molecule has 4 N–H and O–H groups in total. The van der Waals surface area contributed by atoms with Crippen LogP contribution in [0.3, 0.4) is 0 Å². The Hall–Kier alpha value is -5.09. The molecule has 5 atom stereocenters. The monoisotopic (exact) mass is 1620 g/mol. The molecule has 113 heavy (non-hydrogen) atoms. The smallest absolute Gasteiger partial charge is 0.463 e. The molecule has 0 saturated heterocycles. The molecule has 0 aliphatic heterocycles. The van der Waals surface area contributed by atoms with Crippen LogP contribution in [0.4, 0.5) is 0 Å². The van der Waals surface area contributed by atoms with Gasteiger partial charge < -0.3 is 34.2 Å². The van der Waals surface area contributed by atoms with Gasteiger partial charge in [-0.2, -0.15) is 0 Å². The van der Waals surface area contributed by atoms with E-state index in [0.717, 1.165) is 161 Å². The van der Waals surface area contributed by atoms with Crippen LogP contribution in [0.25, 0.3) is 0 Å². The molecule has 0 aromatic carbocycles. The van der Waals surface area contributed by atoms with Crippen molar-refractivity contribution in [3.05, 3.63) is 170 Å². The Balaban J connectivity index is 4.68. The number of rotatable bonds is 83. The minimum Gasteiger partial charge on any atom is -0.463 e. The zero-order chi connectivity index (χ0) is 82.2. The average molecular weight is 1620 g/mol. The first-order valence-electron chi connectivity index (χ1n) is 44.4. The summed E-state index contributed by atoms with van der Waals surface area (Å²) in [6.45, 7) is 2.50. The Kier molecular flexibility index (Phi) is 82.4. The van der Waals surface area contributed by atoms with Gasteiger partial charge in [-0.15, -0.1) is 0 Å². The van der Waals surface area contributed by atoms with Crippen LogP contribution in [-0.4, -0.2) is 95.9 Å². The van der Waals surface area contributed by atoms with Crippen molar-refractivity contribution in [1.29, 1.82) is 0 Å². The summed E-state index contributed by atoms with van der Waals surface area (Å²) in [5.41, 5.74) is 0. The number of carbonyl (C=O) groups excluding carboxylic acids is 3. The number of hydrogen-bond acceptors (Lipinski definition) is 14. The van der Waals surface area contributed by atoms with Gasteiger partial charge in [0.15, 0.2) is 6.10 Å². The van der Waals surface area contributed by atoms with Gasteiger partial charge in [-0.05, 0) is 161 Å². The van der Waals surface area contributed by atoms with Crippen LogP contribution in [0.2, 0.25) is 0 Å². The lowest BCUT2D eigenvalue weighted by atomic mass is 10.0. The predicted molar refractivity (Wildman–Crippen MR) is 472 cm³/mol. The van der Waals surface area contributed by atoms with Crippen LogP contribution in [0.15, 0.2) is 170 Å². The molecule has 0 radical (unpaired) electrons. The molecule has 0 aromatic rings. The van der Waals surface area contributed by atoms with Crippen LogP contribution in [0, 0.1) is 0 Å². The van der Waals surface area contributed by atoms with E-state index in [2.05, 4.69) is 191 Å². The fraction of sp³-hybridized carbons (Fsp3) is 0.674. The van der Waals surface area contributed by atoms with Gasteiger partial charge >= 0.3 is 33.6 Å². The summed E-state index contributed by atoms with van der Waals surface area (Å²) in [7, 11) is -9.82. The zero-order valence-corrected chi connectivity index (χ0v) is 72.8. The summed E-state index contributed by atoms with van der Waals surface area (Å²) >= 11 is 0. The standard InChI is InChI=1S/C95H160O16P2/c1-4-7-10-13-16-19-22-25-28-31-34-37-40-42-43-44-45-47-50-51-54-57-60-63-66-69-72-75-78-81-93(98)105-84-90(96)85-107-112(101,102)108-86-91(97)87-109-113(103,104)110-89-92(111-95(100)83-80-77-74-71-68-65-62-59-56-53-48-39-36-33-30-27-24-21-18-15-12-9-6-3)88-106-94(99)82-79-76-73-70-67-64-61-58-55-52-49-46-41-38-35-32-29-26-23-20-17-14-11-8-5-2/h9,12,16-21,25-30,34-39,42-43,46,49,53,56,62,65,90-92,96-97H,4-8,10-11,13-15,22-24,31-33,40-41,44-45,47-48,50-52,54-55,57-61,63-64,66-89H2,1-3H3,(H,101,102)(H,103,104)/b12-9-,19-16-,20-17-,21-18-,28-25-,29-26-,30-27-,37-34-,38-35-,39-36-,43-42-,49-46-,56-53-,65-62-. The highest BCUT2D eigenvalue weighted by molar-refractivity contribution is 7.47. The van der Waals surface area contributed by atoms with Crippen molar-refractivity contribution in [1.82, 2.24) is 0 Å². The van der Waals surface area contributed by atoms with Gasteiger partial charge in [0.25, 0.3) is 0 Å². The summed E-state index contributed by atoms with van der Waals surface area (Å²) in [6.07, 6.45) is 111. The highest BCUT2D eigenvalue weighted by Crippen LogP contribution is 2.45. The first kappa shape index (κ1) is 108. The Morgan fingerprint density at radius 2 is 0.469 bits per heavy atom. The molecule has 0 heterocycles. The summed E-state index contributed by atoms with van der Waals surface area (Å²) in [5.74, 6) is -1.61. The molecule has 0 fully saturated rings. The molecule has 16 nitrogen and oxygen atoms in total. The van der Waals surface area contributed by atoms with E-state index in [-0.39, 0.29) is 19.3 Å². The number of phosphoric acid groups is 2. The second-order valence-corrected chi connectivity index (χ2v) is 32.2. The van der Waals surface area contributed by atoms with Gasteiger partial charge in [0.1, 0.15) is 25.4 Å². The van der Waals surface area contributed by atoms with E-state index in [9.17, 15) is 43.5 Å². The minimum absolute atomic E-state index is 0.0675. The molecule has 0 rings (SSSR count). The summed E-state index contributed by atoms with van der Waals surface area (Å²) in [5, 5.41) is 20.7. The molecule has 18 heteroatoms. The van der Waals surface area contributed by atoms with Gasteiger partial charge in [-0.3, -0.25) is 32.5 Å². The van der Waals surface area contributed by atoms with E-state index >= 15 is 0 Å². The number of aliphatic hydroxyl groups excluding tert-OH is 2. The number of carbonyl (C=O) groups is 3. The maximum atomic E-state index is 13.1. The largest absolute Gasteiger partial charge is 0.472 e. The number of hydrogen-bond donors (Lipinski definition) is 4. The van der Waals surface area contributed by atoms with Crippen LogP contribution in [0.5, 0.6) is 0 Å². The fourth-order valence-corrected chi connectivity index (χ4v) is 13.2. The number of unbranched alkanes of at least 4 members (excludes halogenated alkanes) is 32. The van der Waals surface area contributed by atoms with Crippen LogP contribution < -0.4 is 0 Å². The van der Waals surface area contributed by atoms with E-state index in [1.54, 1.807) is 0 Å². The SMILES string of the molecule is CC/C=C\C/C=C\C/C=C\C/C=C\C/C=C\C/C=C\CCCCCCC(=O)OC(COC(=O)CCCCCCCCCCC/C=C\C/C=C\C/C=C\C/C=C\CCCCC)COP(=O)(O)OCC(O)COP(=O)(O)OCC(O)COC(=O)CCCCCCCCCCCCCCC/C=C\C/C=C\C/C=C\C/C=C\CCCCC. The quantitative estimate of drug-likeness (QED) is 0.0146. The highest BCUT2D eigenvalue weighted by atomic mass is 31.2. The van der Waals surface area contributed by atoms with Crippen molar-refractivity contribution >= 4 is 33.6 Å². The predicted octanol–water partition coefficient (Wildman–Crippen LogP) is 27.1. The fourth-order valence-electron chi connectivity index (χ4n) is 11.7. The Bertz CT molecular complexity index is 2730. The minimum atomic E-state index is -4.95. The van der Waals surface area contributed by atoms with E-state index in [0.29, 0.717) is 19.3 Å². The molecular weight excluding hydrogens is 1460 g/mol. The number of esters is 3. The van der Waals surface area contributed by atoms with Crippen molar-refractivity contribution in [2.45, 2.75) is 373 Å². The van der Waals surface area contributed by atoms with Crippen molar-refractivity contribution < 1.29 is 75.8 Å². The first-order valence-corrected chi connectivity index (χ1v) is 47.4. The third-order valence-corrected chi connectivity index (χ3v) is 20.3. The zero-order valence-electron chi connectivity index (χ0n) is 71.0. The maximum Gasteiger partial charge on any atom is 0.472 e. The molecule has 0 aromatic heterocycles. The second kappa shape index (κ2) is 86.3. The second-order valence-electron chi connectivity index (χ2n) is 29.3. The van der Waals surface area contributed by atoms with E-state index in [4.69, 9.17) is 32.3 Å². The number of phosphoric ester groups is 2. The van der Waals surface area contributed by atoms with Crippen LogP contribution >= 0.6 is 15.6 Å². The molecule has 0 aliphatic rings. The third-order valence-electron chi connectivity index (χ3n) is 18.4. The Labute approximate surface area is 688 Å². The molecule has 5 unspecified atom stereocenters. The lowest BCUT2D eigenvalue weighted by Gasteiger charge is -2.21. The van der Waals surface area contributed by atoms with Gasteiger partial charge in [-0.25, -0.2) is 9.13 Å². The molecule has 0 spiro atoms. The van der Waals surface area contributed by atoms with E-state index < -0.39 is 91.5 Å². The van der Waals surface area contributed by atoms with Crippen molar-refractivity contribution in [3.63, 3.8) is 0 Å². The normalized spacial score (nSPS) is 14.6. The van der Waals surface area contributed by atoms with E-state index in [1.807, 2.05) is 0 Å². The van der Waals surface area contributed by atoms with Crippen molar-refractivity contribution in [2.75, 3.05) is 39.6 Å². The number of ether oxygens (including phenoxy) is 3. The summed E-state index contributed by atoms with van der Waals surface area (Å²) in [4.78, 5) is 58.9. The van der Waals surface area contributed by atoms with Crippen molar-refractivity contribution in [3.8, 4) is 0 Å². The molecule has 646 valence electrons. The molecule has 0 bridgehead atoms. The van der Waals surface area contributed by atoms with Gasteiger partial charge in [-0.1, -0.05) is 345 Å².